The van der Waals surface area contributed by atoms with Gasteiger partial charge in [-0.25, -0.2) is 0 Å². The number of amides is 13. The summed E-state index contributed by atoms with van der Waals surface area (Å²) in [6, 6.07) is 4.51. The van der Waals surface area contributed by atoms with E-state index >= 15 is 0 Å². The predicted octanol–water partition coefficient (Wildman–Crippen LogP) is -3.71. The van der Waals surface area contributed by atoms with Crippen molar-refractivity contribution in [2.24, 2.45) is 51.0 Å². The Morgan fingerprint density at radius 1 is 0.537 bits per heavy atom. The van der Waals surface area contributed by atoms with Gasteiger partial charge in [0.1, 0.15) is 54.4 Å². The topological polar surface area (TPSA) is 519 Å². The predicted molar refractivity (Wildman–Crippen MR) is 356 cm³/mol. The first-order valence-electron chi connectivity index (χ1n) is 32.2. The number of likely N-dealkylation sites (tertiary alicyclic amines) is 2. The van der Waals surface area contributed by atoms with Crippen molar-refractivity contribution < 1.29 is 62.3 Å². The summed E-state index contributed by atoms with van der Waals surface area (Å²) in [7, 11) is 0. The number of carbonyl (C=O) groups is 13. The quantitative estimate of drug-likeness (QED) is 0.0173. The van der Waals surface area contributed by atoms with Crippen molar-refractivity contribution in [3.05, 3.63) is 71.8 Å². The van der Waals surface area contributed by atoms with Crippen LogP contribution in [0.2, 0.25) is 0 Å². The number of guanidine groups is 1. The van der Waals surface area contributed by atoms with E-state index in [4.69, 9.17) is 40.1 Å². The molecule has 32 heteroatoms. The lowest BCUT2D eigenvalue weighted by molar-refractivity contribution is -0.144. The number of nitrogens with two attached hydrogens (primary N) is 7. The van der Waals surface area contributed by atoms with Crippen LogP contribution in [0.4, 0.5) is 0 Å². The second-order valence-corrected chi connectivity index (χ2v) is 25.1. The Kier molecular flexibility index (Phi) is 33.9. The molecule has 2 saturated heterocycles. The summed E-state index contributed by atoms with van der Waals surface area (Å²) < 4.78 is 0. The summed E-state index contributed by atoms with van der Waals surface area (Å²) in [5, 5.41) is 21.1. The van der Waals surface area contributed by atoms with Crippen LogP contribution in [0.3, 0.4) is 0 Å². The molecule has 0 spiro atoms. The summed E-state index contributed by atoms with van der Waals surface area (Å²) in [5.74, 6) is -9.80. The zero-order chi connectivity index (χ0) is 70.1. The summed E-state index contributed by atoms with van der Waals surface area (Å²) in [6.45, 7) is 3.86. The van der Waals surface area contributed by atoms with E-state index in [9.17, 15) is 62.3 Å². The second-order valence-electron chi connectivity index (χ2n) is 24.1. The molecule has 0 saturated carbocycles. The fraction of sp³-hybridized carbons (Fsp3) is 0.587. The van der Waals surface area contributed by atoms with Crippen molar-refractivity contribution in [2.75, 3.05) is 44.7 Å². The van der Waals surface area contributed by atoms with Gasteiger partial charge in [0, 0.05) is 45.3 Å². The first-order chi connectivity index (χ1) is 45.2. The second kappa shape index (κ2) is 41.0. The van der Waals surface area contributed by atoms with Crippen molar-refractivity contribution in [1.82, 2.24) is 52.3 Å². The first-order valence-corrected chi connectivity index (χ1v) is 33.6. The maximum atomic E-state index is 14.7. The third-order valence-corrected chi connectivity index (χ3v) is 16.7. The summed E-state index contributed by atoms with van der Waals surface area (Å²) in [6.07, 6.45) is 3.12. The molecule has 31 nitrogen and oxygen atoms in total. The number of thioether (sulfide) groups is 1. The van der Waals surface area contributed by atoms with E-state index in [2.05, 4.69) is 47.5 Å². The molecule has 2 aliphatic heterocycles. The largest absolute Gasteiger partial charge is 0.370 e. The van der Waals surface area contributed by atoms with E-state index in [1.54, 1.807) is 60.7 Å². The van der Waals surface area contributed by atoms with Crippen LogP contribution in [0.1, 0.15) is 121 Å². The molecule has 10 atom stereocenters. The van der Waals surface area contributed by atoms with Gasteiger partial charge in [-0.3, -0.25) is 67.3 Å². The number of hydrogen-bond donors (Lipinski definition) is 15. The highest BCUT2D eigenvalue weighted by atomic mass is 32.2. The smallest absolute Gasteiger partial charge is 0.245 e. The van der Waals surface area contributed by atoms with Gasteiger partial charge in [-0.05, 0) is 119 Å². The Morgan fingerprint density at radius 3 is 1.51 bits per heavy atom. The van der Waals surface area contributed by atoms with E-state index in [1.807, 2.05) is 20.1 Å². The fourth-order valence-corrected chi connectivity index (χ4v) is 11.5. The highest BCUT2D eigenvalue weighted by molar-refractivity contribution is 7.98. The number of hydrogen-bond acceptors (Lipinski definition) is 17. The molecular formula is C63H98N18O13S. The number of nitrogens with one attached hydrogen (secondary N) is 8. The van der Waals surface area contributed by atoms with Gasteiger partial charge >= 0.3 is 0 Å². The standard InChI is InChI=1S/C63H98N18O13S/c1-37(2)33-45(57(89)74-41(53(68)85)27-32-95-3)73-52(84)36-72-54(86)46(34-38-15-6-4-7-16-38)78-58(90)47(35-39-17-8-5-9-18-39)79-56(88)42(23-25-50(66)82)75-55(87)43(24-26-51(67)83)76-59(91)49-22-14-31-81(49)62(94)44(20-10-11-28-64)77-60(92)48-21-13-30-80(48)61(93)40(65)19-12-29-71-63(69)70/h4-9,15-18,37,40-49H,10-14,19-36,64-65H2,1-3H3,(H2,66,82)(H2,67,83)(H2,68,85)(H,72,86)(H,73,84)(H,74,89)(H,75,87)(H,76,91)(H,77,92)(H,78,90)(H,79,88)(H4,69,70,71)/t40-,41-,42-,43+,44-,45+,46+,47-,48+,49-/m0/s1. The van der Waals surface area contributed by atoms with Crippen LogP contribution >= 0.6 is 11.8 Å². The van der Waals surface area contributed by atoms with Crippen LogP contribution in [-0.4, -0.2) is 198 Å². The molecule has 4 rings (SSSR count). The van der Waals surface area contributed by atoms with Crippen LogP contribution in [0.5, 0.6) is 0 Å². The number of unbranched alkanes of at least 4 members (excludes halogenated alkanes) is 1. The van der Waals surface area contributed by atoms with E-state index in [0.717, 1.165) is 0 Å². The molecule has 524 valence electrons. The van der Waals surface area contributed by atoms with E-state index < -0.39 is 169 Å². The number of nitrogens with zero attached hydrogens (tertiary/aromatic N) is 3. The van der Waals surface area contributed by atoms with Gasteiger partial charge in [-0.15, -0.1) is 0 Å². The third-order valence-electron chi connectivity index (χ3n) is 16.0. The molecule has 2 aromatic rings. The van der Waals surface area contributed by atoms with E-state index in [1.165, 1.54) is 21.6 Å². The molecule has 95 heavy (non-hydrogen) atoms. The minimum Gasteiger partial charge on any atom is -0.370 e. The van der Waals surface area contributed by atoms with Gasteiger partial charge in [0.2, 0.25) is 76.8 Å². The molecule has 2 heterocycles. The lowest BCUT2D eigenvalue weighted by atomic mass is 10.0. The van der Waals surface area contributed by atoms with Gasteiger partial charge in [0.15, 0.2) is 5.96 Å². The molecule has 0 aliphatic carbocycles. The Morgan fingerprint density at radius 2 is 1.01 bits per heavy atom. The summed E-state index contributed by atoms with van der Waals surface area (Å²) in [5.41, 5.74) is 40.6. The Hall–Kier alpha value is -8.91. The van der Waals surface area contributed by atoms with Gasteiger partial charge in [0.05, 0.1) is 12.6 Å². The van der Waals surface area contributed by atoms with Crippen LogP contribution in [0.15, 0.2) is 65.7 Å². The number of benzene rings is 2. The molecule has 0 aromatic heterocycles. The Labute approximate surface area is 558 Å². The van der Waals surface area contributed by atoms with Gasteiger partial charge < -0.3 is 92.5 Å². The van der Waals surface area contributed by atoms with Gasteiger partial charge in [-0.1, -0.05) is 74.5 Å². The molecule has 13 amide bonds. The van der Waals surface area contributed by atoms with Crippen molar-refractivity contribution in [3.8, 4) is 0 Å². The minimum absolute atomic E-state index is 0.0736. The maximum absolute atomic E-state index is 14.7. The zero-order valence-electron chi connectivity index (χ0n) is 54.5. The average Bonchev–Trinajstić information content (AvgIpc) is 1.74. The normalized spacial score (nSPS) is 16.8. The molecule has 2 fully saturated rings. The van der Waals surface area contributed by atoms with E-state index in [0.29, 0.717) is 55.4 Å². The Bertz CT molecular complexity index is 2960. The molecule has 0 radical (unpaired) electrons. The first kappa shape index (κ1) is 78.5. The highest BCUT2D eigenvalue weighted by Crippen LogP contribution is 2.24. The van der Waals surface area contributed by atoms with Gasteiger partial charge in [-0.2, -0.15) is 11.8 Å². The number of primary amides is 3. The molecular weight excluding hydrogens is 1250 g/mol. The van der Waals surface area contributed by atoms with Crippen LogP contribution in [0, 0.1) is 5.92 Å². The molecule has 0 unspecified atom stereocenters. The van der Waals surface area contributed by atoms with Crippen molar-refractivity contribution in [2.45, 2.75) is 183 Å². The monoisotopic (exact) mass is 1350 g/mol. The number of carbonyl (C=O) groups excluding carboxylic acids is 13. The lowest BCUT2D eigenvalue weighted by Crippen LogP contribution is -2.60. The Balaban J connectivity index is 1.56. The SMILES string of the molecule is CSCC[C@H](NC(=O)[C@@H](CC(C)C)NC(=O)CNC(=O)[C@@H](Cc1ccccc1)NC(=O)[C@H](Cc1ccccc1)NC(=O)[C@H](CCC(N)=O)NC(=O)[C@@H](CCC(N)=O)NC(=O)[C@@H]1CCCN1C(=O)[C@H](CCCCN)NC(=O)[C@H]1CCCN1C(=O)[C@@H](N)CCCN=C(N)N)C(N)=O. The molecule has 2 aliphatic rings. The molecule has 22 N–H and O–H groups in total. The number of rotatable bonds is 42. The third kappa shape index (κ3) is 27.5. The van der Waals surface area contributed by atoms with Gasteiger partial charge in [0.25, 0.3) is 0 Å². The van der Waals surface area contributed by atoms with Crippen LogP contribution < -0.4 is 82.7 Å². The van der Waals surface area contributed by atoms with Crippen molar-refractivity contribution >= 4 is 94.5 Å². The van der Waals surface area contributed by atoms with Crippen LogP contribution in [0.25, 0.3) is 0 Å². The summed E-state index contributed by atoms with van der Waals surface area (Å²) >= 11 is 1.45. The fourth-order valence-electron chi connectivity index (χ4n) is 11.0. The zero-order valence-corrected chi connectivity index (χ0v) is 55.3. The highest BCUT2D eigenvalue weighted by Gasteiger charge is 2.42. The average molecular weight is 1350 g/mol. The summed E-state index contributed by atoms with van der Waals surface area (Å²) in [4.78, 5) is 185. The van der Waals surface area contributed by atoms with Crippen LogP contribution in [-0.2, 0) is 75.2 Å². The maximum Gasteiger partial charge on any atom is 0.245 e. The molecule has 2 aromatic carbocycles. The lowest BCUT2D eigenvalue weighted by Gasteiger charge is -2.32. The number of aliphatic imine (C=N–C) groups is 1. The van der Waals surface area contributed by atoms with Crippen molar-refractivity contribution in [1.29, 1.82) is 0 Å². The van der Waals surface area contributed by atoms with E-state index in [-0.39, 0.29) is 83.0 Å². The minimum atomic E-state index is -1.64. The van der Waals surface area contributed by atoms with Crippen molar-refractivity contribution in [3.63, 3.8) is 0 Å². The molecule has 0 bridgehead atoms.